The molecule has 3 heterocycles. The molecule has 192 valence electrons. The zero-order chi connectivity index (χ0) is 26.9. The number of para-hydroxylation sites is 2. The third-order valence-corrected chi connectivity index (χ3v) is 10.5. The summed E-state index contributed by atoms with van der Waals surface area (Å²) >= 11 is 3.77. The third kappa shape index (κ3) is 3.53. The van der Waals surface area contributed by atoms with Gasteiger partial charge < -0.3 is 4.57 Å². The highest BCUT2D eigenvalue weighted by Crippen LogP contribution is 2.43. The smallest absolute Gasteiger partial charge is 0.0727 e. The lowest BCUT2D eigenvalue weighted by molar-refractivity contribution is 1.19. The van der Waals surface area contributed by atoms with Crippen molar-refractivity contribution < 1.29 is 0 Å². The molecular formula is C38H23NS2. The number of hydrogen-bond acceptors (Lipinski definition) is 2. The molecule has 0 aliphatic rings. The van der Waals surface area contributed by atoms with Crippen LogP contribution >= 0.6 is 22.7 Å². The summed E-state index contributed by atoms with van der Waals surface area (Å²) in [5, 5.41) is 5.31. The normalized spacial score (nSPS) is 11.9. The summed E-state index contributed by atoms with van der Waals surface area (Å²) in [6.45, 7) is 0. The van der Waals surface area contributed by atoms with E-state index in [1.54, 1.807) is 0 Å². The number of fused-ring (bicyclic) bond motifs is 8. The lowest BCUT2D eigenvalue weighted by Crippen LogP contribution is -1.92. The first-order chi connectivity index (χ1) is 20.3. The predicted molar refractivity (Wildman–Crippen MR) is 180 cm³/mol. The Hall–Kier alpha value is -4.70. The zero-order valence-corrected chi connectivity index (χ0v) is 23.7. The quantitative estimate of drug-likeness (QED) is 0.204. The lowest BCUT2D eigenvalue weighted by atomic mass is 9.99. The standard InChI is InChI=1S/C38H23NS2/c1-2-8-28(9-3-1)39-33-12-6-4-11-31(33)38-37(39)32-21-19-27(23-36(32)41-38)25-16-14-24(15-17-25)26-18-20-30-29-10-5-7-13-34(29)40-35(30)22-26/h1-23H. The third-order valence-electron chi connectivity index (χ3n) is 8.22. The van der Waals surface area contributed by atoms with E-state index in [4.69, 9.17) is 0 Å². The van der Waals surface area contributed by atoms with Crippen molar-refractivity contribution in [2.75, 3.05) is 0 Å². The highest BCUT2D eigenvalue weighted by molar-refractivity contribution is 7.27. The van der Waals surface area contributed by atoms with Crippen LogP contribution in [0.3, 0.4) is 0 Å². The molecule has 0 bridgehead atoms. The fourth-order valence-corrected chi connectivity index (χ4v) is 8.66. The van der Waals surface area contributed by atoms with Gasteiger partial charge in [0.1, 0.15) is 0 Å². The van der Waals surface area contributed by atoms with Crippen LogP contribution in [0.5, 0.6) is 0 Å². The molecule has 9 aromatic rings. The molecule has 9 rings (SSSR count). The Balaban J connectivity index is 1.13. The average molecular weight is 558 g/mol. The van der Waals surface area contributed by atoms with Gasteiger partial charge in [0, 0.05) is 41.3 Å². The van der Waals surface area contributed by atoms with Crippen molar-refractivity contribution in [1.82, 2.24) is 4.57 Å². The van der Waals surface area contributed by atoms with E-state index < -0.39 is 0 Å². The molecule has 6 aromatic carbocycles. The SMILES string of the molecule is c1ccc(-n2c3ccccc3c3sc4cc(-c5ccc(-c6ccc7c(c6)sc6ccccc67)cc5)ccc4c32)cc1. The zero-order valence-electron chi connectivity index (χ0n) is 22.0. The summed E-state index contributed by atoms with van der Waals surface area (Å²) in [5.41, 5.74) is 8.77. The monoisotopic (exact) mass is 557 g/mol. The Morgan fingerprint density at radius 3 is 1.71 bits per heavy atom. The van der Waals surface area contributed by atoms with E-state index in [-0.39, 0.29) is 0 Å². The largest absolute Gasteiger partial charge is 0.308 e. The van der Waals surface area contributed by atoms with Gasteiger partial charge in [0.15, 0.2) is 0 Å². The van der Waals surface area contributed by atoms with Crippen molar-refractivity contribution >= 4 is 74.1 Å². The minimum absolute atomic E-state index is 1.20. The molecule has 3 aromatic heterocycles. The highest BCUT2D eigenvalue weighted by atomic mass is 32.1. The van der Waals surface area contributed by atoms with E-state index in [1.165, 1.54) is 79.3 Å². The van der Waals surface area contributed by atoms with Gasteiger partial charge >= 0.3 is 0 Å². The van der Waals surface area contributed by atoms with Crippen LogP contribution in [-0.2, 0) is 0 Å². The van der Waals surface area contributed by atoms with E-state index in [0.717, 1.165) is 0 Å². The number of benzene rings is 6. The van der Waals surface area contributed by atoms with Gasteiger partial charge in [-0.1, -0.05) is 103 Å². The molecule has 0 aliphatic carbocycles. The predicted octanol–water partition coefficient (Wildman–Crippen LogP) is 11.7. The van der Waals surface area contributed by atoms with Crippen LogP contribution < -0.4 is 0 Å². The first-order valence-corrected chi connectivity index (χ1v) is 15.5. The molecule has 0 amide bonds. The molecule has 0 radical (unpaired) electrons. The van der Waals surface area contributed by atoms with Gasteiger partial charge in [-0.25, -0.2) is 0 Å². The molecule has 0 aliphatic heterocycles. The van der Waals surface area contributed by atoms with E-state index in [2.05, 4.69) is 144 Å². The second-order valence-electron chi connectivity index (χ2n) is 10.6. The summed E-state index contributed by atoms with van der Waals surface area (Å²) in [6, 6.07) is 51.0. The van der Waals surface area contributed by atoms with Crippen molar-refractivity contribution in [3.8, 4) is 27.9 Å². The average Bonchev–Trinajstić information content (AvgIpc) is 3.69. The highest BCUT2D eigenvalue weighted by Gasteiger charge is 2.18. The number of nitrogens with zero attached hydrogens (tertiary/aromatic N) is 1. The van der Waals surface area contributed by atoms with Crippen LogP contribution in [0.15, 0.2) is 140 Å². The van der Waals surface area contributed by atoms with Crippen molar-refractivity contribution in [2.45, 2.75) is 0 Å². The number of aromatic nitrogens is 1. The minimum atomic E-state index is 1.20. The van der Waals surface area contributed by atoms with Gasteiger partial charge in [-0.2, -0.15) is 0 Å². The molecule has 0 saturated heterocycles. The van der Waals surface area contributed by atoms with Crippen molar-refractivity contribution in [3.63, 3.8) is 0 Å². The first kappa shape index (κ1) is 23.0. The number of rotatable bonds is 3. The maximum atomic E-state index is 2.42. The lowest BCUT2D eigenvalue weighted by Gasteiger charge is -2.08. The van der Waals surface area contributed by atoms with Crippen molar-refractivity contribution in [2.24, 2.45) is 0 Å². The summed E-state index contributed by atoms with van der Waals surface area (Å²) in [5.74, 6) is 0. The van der Waals surface area contributed by atoms with Crippen LogP contribution in [0.2, 0.25) is 0 Å². The molecule has 0 atom stereocenters. The Labute approximate surface area is 245 Å². The first-order valence-electron chi connectivity index (χ1n) is 13.9. The van der Waals surface area contributed by atoms with Gasteiger partial charge in [-0.3, -0.25) is 0 Å². The molecule has 0 unspecified atom stereocenters. The molecule has 41 heavy (non-hydrogen) atoms. The Kier molecular flexibility index (Phi) is 5.00. The number of thiophene rings is 2. The minimum Gasteiger partial charge on any atom is -0.308 e. The molecule has 0 spiro atoms. The molecule has 0 saturated carbocycles. The van der Waals surface area contributed by atoms with Crippen LogP contribution in [0.1, 0.15) is 0 Å². The summed E-state index contributed by atoms with van der Waals surface area (Å²) in [4.78, 5) is 0. The van der Waals surface area contributed by atoms with E-state index >= 15 is 0 Å². The second-order valence-corrected chi connectivity index (χ2v) is 12.7. The Bertz CT molecular complexity index is 2400. The second kappa shape index (κ2) is 8.90. The summed E-state index contributed by atoms with van der Waals surface area (Å²) in [6.07, 6.45) is 0. The van der Waals surface area contributed by atoms with Crippen LogP contribution in [0.4, 0.5) is 0 Å². The van der Waals surface area contributed by atoms with Gasteiger partial charge in [-0.05, 0) is 58.7 Å². The molecule has 1 nitrogen and oxygen atoms in total. The maximum absolute atomic E-state index is 2.42. The van der Waals surface area contributed by atoms with E-state index in [0.29, 0.717) is 0 Å². The van der Waals surface area contributed by atoms with Crippen LogP contribution in [0, 0.1) is 0 Å². The van der Waals surface area contributed by atoms with Gasteiger partial charge in [-0.15, -0.1) is 22.7 Å². The van der Waals surface area contributed by atoms with Crippen LogP contribution in [0.25, 0.3) is 79.3 Å². The Morgan fingerprint density at radius 2 is 0.951 bits per heavy atom. The molecular weight excluding hydrogens is 535 g/mol. The number of hydrogen-bond donors (Lipinski definition) is 0. The van der Waals surface area contributed by atoms with Crippen molar-refractivity contribution in [3.05, 3.63) is 140 Å². The van der Waals surface area contributed by atoms with Crippen LogP contribution in [-0.4, -0.2) is 4.57 Å². The van der Waals surface area contributed by atoms with E-state index in [9.17, 15) is 0 Å². The summed E-state index contributed by atoms with van der Waals surface area (Å²) in [7, 11) is 0. The maximum Gasteiger partial charge on any atom is 0.0727 e. The molecule has 3 heteroatoms. The van der Waals surface area contributed by atoms with Gasteiger partial charge in [0.05, 0.1) is 15.7 Å². The fraction of sp³-hybridized carbons (Fsp3) is 0. The molecule has 0 fully saturated rings. The summed E-state index contributed by atoms with van der Waals surface area (Å²) < 4.78 is 7.78. The molecule has 0 N–H and O–H groups in total. The Morgan fingerprint density at radius 1 is 0.390 bits per heavy atom. The van der Waals surface area contributed by atoms with Gasteiger partial charge in [0.25, 0.3) is 0 Å². The topological polar surface area (TPSA) is 4.93 Å². The van der Waals surface area contributed by atoms with Crippen molar-refractivity contribution in [1.29, 1.82) is 0 Å². The van der Waals surface area contributed by atoms with Gasteiger partial charge in [0.2, 0.25) is 0 Å². The van der Waals surface area contributed by atoms with E-state index in [1.807, 2.05) is 22.7 Å². The fourth-order valence-electron chi connectivity index (χ4n) is 6.25.